The van der Waals surface area contributed by atoms with Gasteiger partial charge in [0.25, 0.3) is 11.7 Å². The molecule has 1 N–H and O–H groups in total. The lowest BCUT2D eigenvalue weighted by Gasteiger charge is -2.25. The van der Waals surface area contributed by atoms with Crippen LogP contribution in [0.2, 0.25) is 0 Å². The van der Waals surface area contributed by atoms with Gasteiger partial charge in [-0.1, -0.05) is 23.1 Å². The van der Waals surface area contributed by atoms with Crippen molar-refractivity contribution in [2.75, 3.05) is 12.0 Å². The maximum absolute atomic E-state index is 12.2. The summed E-state index contributed by atoms with van der Waals surface area (Å²) < 4.78 is 0. The molecule has 1 amide bonds. The Hall–Kier alpha value is -2.40. The summed E-state index contributed by atoms with van der Waals surface area (Å²) >= 11 is 0. The molecule has 2 aliphatic rings. The fourth-order valence-electron chi connectivity index (χ4n) is 2.22. The summed E-state index contributed by atoms with van der Waals surface area (Å²) in [6, 6.07) is 9.81. The highest BCUT2D eigenvalue weighted by molar-refractivity contribution is 6.10. The van der Waals surface area contributed by atoms with Crippen LogP contribution < -0.4 is 10.2 Å². The summed E-state index contributed by atoms with van der Waals surface area (Å²) in [7, 11) is 0. The smallest absolute Gasteiger partial charge is 0.285 e. The number of hydrogen-bond donors (Lipinski definition) is 1. The number of amidine groups is 1. The molecule has 0 atom stereocenters. The predicted octanol–water partition coefficient (Wildman–Crippen LogP) is 2.21. The number of fused-ring (bicyclic) bond motifs is 1. The van der Waals surface area contributed by atoms with Gasteiger partial charge in [0.2, 0.25) is 6.67 Å². The average Bonchev–Trinajstić information content (AvgIpc) is 2.91. The zero-order chi connectivity index (χ0) is 14.8. The molecular formula is C16H18N4O+. The third-order valence-electron chi connectivity index (χ3n) is 3.47. The van der Waals surface area contributed by atoms with Gasteiger partial charge in [-0.25, -0.2) is 0 Å². The van der Waals surface area contributed by atoms with E-state index < -0.39 is 0 Å². The molecule has 0 fully saturated rings. The first-order valence-corrected chi connectivity index (χ1v) is 7.01. The lowest BCUT2D eigenvalue weighted by Crippen LogP contribution is -2.44. The third kappa shape index (κ3) is 2.87. The third-order valence-corrected chi connectivity index (χ3v) is 3.47. The molecule has 0 aromatic heterocycles. The zero-order valence-corrected chi connectivity index (χ0v) is 12.2. The van der Waals surface area contributed by atoms with Crippen molar-refractivity contribution in [3.05, 3.63) is 54.5 Å². The Labute approximate surface area is 124 Å². The van der Waals surface area contributed by atoms with Crippen LogP contribution in [-0.4, -0.2) is 29.4 Å². The number of benzene rings is 1. The highest BCUT2D eigenvalue weighted by Crippen LogP contribution is 2.18. The highest BCUT2D eigenvalue weighted by atomic mass is 16.2. The van der Waals surface area contributed by atoms with Crippen LogP contribution in [0, 0.1) is 0 Å². The number of carbonyl (C=O) groups is 1. The van der Waals surface area contributed by atoms with Gasteiger partial charge in [0, 0.05) is 24.0 Å². The molecule has 1 aromatic rings. The van der Waals surface area contributed by atoms with Gasteiger partial charge in [-0.3, -0.25) is 4.79 Å². The van der Waals surface area contributed by atoms with Gasteiger partial charge in [-0.15, -0.1) is 0 Å². The number of amides is 1. The Morgan fingerprint density at radius 3 is 2.81 bits per heavy atom. The van der Waals surface area contributed by atoms with Crippen LogP contribution >= 0.6 is 0 Å². The SMILES string of the molecule is CC(C)N1C=CC2=NC(C(=O)Nc3ccccc3)=C[N+]2C1. The van der Waals surface area contributed by atoms with Gasteiger partial charge in [0.15, 0.2) is 11.9 Å². The van der Waals surface area contributed by atoms with Gasteiger partial charge in [0.1, 0.15) is 0 Å². The number of hydrogen-bond acceptors (Lipinski definition) is 4. The molecule has 0 saturated carbocycles. The monoisotopic (exact) mass is 282 g/mol. The second kappa shape index (κ2) is 5.54. The van der Waals surface area contributed by atoms with E-state index in [1.165, 1.54) is 0 Å². The minimum atomic E-state index is -0.187. The van der Waals surface area contributed by atoms with E-state index in [9.17, 15) is 4.79 Å². The minimum Gasteiger partial charge on any atom is -0.324 e. The van der Waals surface area contributed by atoms with Crippen LogP contribution in [0.1, 0.15) is 13.8 Å². The Balaban J connectivity index is 1.72. The summed E-state index contributed by atoms with van der Waals surface area (Å²) in [4.78, 5) is 20.8. The molecule has 0 aliphatic carbocycles. The molecule has 0 spiro atoms. The van der Waals surface area contributed by atoms with E-state index in [-0.39, 0.29) is 5.91 Å². The van der Waals surface area contributed by atoms with Crippen LogP contribution in [0.25, 0.3) is 0 Å². The summed E-state index contributed by atoms with van der Waals surface area (Å²) in [5.41, 5.74) is 1.21. The molecular weight excluding hydrogens is 264 g/mol. The fourth-order valence-corrected chi connectivity index (χ4v) is 2.22. The number of anilines is 1. The molecule has 21 heavy (non-hydrogen) atoms. The van der Waals surface area contributed by atoms with Gasteiger partial charge in [-0.05, 0) is 26.0 Å². The molecule has 5 heteroatoms. The number of rotatable bonds is 3. The number of aliphatic imine (C=N–C) groups is 1. The number of carbonyl (C=O) groups excluding carboxylic acids is 1. The van der Waals surface area contributed by atoms with Crippen molar-refractivity contribution in [1.82, 2.24) is 9.80 Å². The standard InChI is InChI=1S/C16H18N4O/c1-12(2)19-9-8-15-18-14(10-20(15)11-19)16(21)17-13-6-4-3-5-7-13/h3-10,12H,11H2,1-2H3,(H,17,21)/q+1. The summed E-state index contributed by atoms with van der Waals surface area (Å²) in [6.07, 6.45) is 5.75. The average molecular weight is 282 g/mol. The fraction of sp³-hybridized carbons (Fsp3) is 0.250. The van der Waals surface area contributed by atoms with Gasteiger partial charge in [-0.2, -0.15) is 4.99 Å². The Bertz CT molecular complexity index is 631. The molecule has 0 bridgehead atoms. The van der Waals surface area contributed by atoms with Crippen molar-refractivity contribution in [2.45, 2.75) is 19.9 Å². The molecule has 2 heterocycles. The summed E-state index contributed by atoms with van der Waals surface area (Å²) in [5.74, 6) is 0.623. The van der Waals surface area contributed by atoms with Crippen LogP contribution in [0.15, 0.2) is 59.5 Å². The van der Waals surface area contributed by atoms with Crippen molar-refractivity contribution < 1.29 is 4.79 Å². The first kappa shape index (κ1) is 13.6. The minimum absolute atomic E-state index is 0.187. The molecule has 0 unspecified atom stereocenters. The van der Waals surface area contributed by atoms with E-state index in [4.69, 9.17) is 0 Å². The molecule has 1 radical (unpaired) electrons. The Morgan fingerprint density at radius 2 is 2.10 bits per heavy atom. The lowest BCUT2D eigenvalue weighted by molar-refractivity contribution is -0.112. The largest absolute Gasteiger partial charge is 0.324 e. The molecule has 1 aromatic carbocycles. The Kier molecular flexibility index (Phi) is 3.58. The number of nitrogens with one attached hydrogen (secondary N) is 1. The molecule has 0 saturated heterocycles. The van der Waals surface area contributed by atoms with Crippen molar-refractivity contribution >= 4 is 17.4 Å². The normalized spacial score (nSPS) is 17.6. The first-order chi connectivity index (χ1) is 10.1. The van der Waals surface area contributed by atoms with Gasteiger partial charge in [0.05, 0.1) is 0 Å². The van der Waals surface area contributed by atoms with Gasteiger partial charge >= 0.3 is 0 Å². The van der Waals surface area contributed by atoms with Gasteiger partial charge < -0.3 is 10.2 Å². The van der Waals surface area contributed by atoms with Crippen LogP contribution in [-0.2, 0) is 4.79 Å². The van der Waals surface area contributed by atoms with Crippen molar-refractivity contribution in [3.8, 4) is 0 Å². The lowest BCUT2D eigenvalue weighted by atomic mass is 10.3. The maximum atomic E-state index is 12.2. The van der Waals surface area contributed by atoms with Crippen LogP contribution in [0.3, 0.4) is 0 Å². The predicted molar refractivity (Wildman–Crippen MR) is 83.7 cm³/mol. The van der Waals surface area contributed by atoms with E-state index in [1.807, 2.05) is 47.5 Å². The highest BCUT2D eigenvalue weighted by Gasteiger charge is 2.35. The summed E-state index contributed by atoms with van der Waals surface area (Å²) in [6.45, 7) is 4.99. The van der Waals surface area contributed by atoms with E-state index >= 15 is 0 Å². The summed E-state index contributed by atoms with van der Waals surface area (Å²) in [5, 5.41) is 2.85. The van der Waals surface area contributed by atoms with E-state index in [1.54, 1.807) is 6.20 Å². The first-order valence-electron chi connectivity index (χ1n) is 7.01. The topological polar surface area (TPSA) is 50.6 Å². The van der Waals surface area contributed by atoms with Crippen molar-refractivity contribution in [2.24, 2.45) is 4.99 Å². The zero-order valence-electron chi connectivity index (χ0n) is 12.2. The quantitative estimate of drug-likeness (QED) is 0.864. The molecule has 3 rings (SSSR count). The van der Waals surface area contributed by atoms with E-state index in [0.29, 0.717) is 11.7 Å². The van der Waals surface area contributed by atoms with E-state index in [2.05, 4.69) is 29.1 Å². The van der Waals surface area contributed by atoms with Crippen molar-refractivity contribution in [1.29, 1.82) is 0 Å². The van der Waals surface area contributed by atoms with Crippen molar-refractivity contribution in [3.63, 3.8) is 0 Å². The van der Waals surface area contributed by atoms with Crippen LogP contribution in [0.4, 0.5) is 5.69 Å². The molecule has 5 nitrogen and oxygen atoms in total. The second-order valence-corrected chi connectivity index (χ2v) is 5.34. The molecule has 107 valence electrons. The number of para-hydroxylation sites is 1. The maximum Gasteiger partial charge on any atom is 0.285 e. The molecule has 2 aliphatic heterocycles. The number of nitrogens with zero attached hydrogens (tertiary/aromatic N) is 3. The second-order valence-electron chi connectivity index (χ2n) is 5.34. The Morgan fingerprint density at radius 1 is 1.33 bits per heavy atom. The van der Waals surface area contributed by atoms with Crippen LogP contribution in [0.5, 0.6) is 0 Å². The van der Waals surface area contributed by atoms with E-state index in [0.717, 1.165) is 18.2 Å².